The summed E-state index contributed by atoms with van der Waals surface area (Å²) in [5.74, 6) is 5.87. The van der Waals surface area contributed by atoms with Crippen molar-refractivity contribution < 1.29 is 44.2 Å². The Balaban J connectivity index is 0.00000261. The minimum atomic E-state index is -1.07. The molecule has 2 aliphatic carbocycles. The summed E-state index contributed by atoms with van der Waals surface area (Å²) in [6.45, 7) is 2.51. The summed E-state index contributed by atoms with van der Waals surface area (Å²) >= 11 is 0. The van der Waals surface area contributed by atoms with Crippen molar-refractivity contribution >= 4 is 5.97 Å². The SMILES string of the molecule is CC#C[C@@H](CC(=O)[O-])c1ccc(OCC2CCC3(CCCC3)CC2)cc1.[Na+]. The summed E-state index contributed by atoms with van der Waals surface area (Å²) in [5.41, 5.74) is 1.57. The molecule has 0 amide bonds. The number of carbonyl (C=O) groups is 1. The molecule has 1 atom stereocenters. The average Bonchev–Trinajstić information content (AvgIpc) is 3.09. The van der Waals surface area contributed by atoms with Crippen LogP contribution in [0.3, 0.4) is 0 Å². The van der Waals surface area contributed by atoms with Crippen LogP contribution in [0.2, 0.25) is 0 Å². The van der Waals surface area contributed by atoms with E-state index >= 15 is 0 Å². The molecule has 140 valence electrons. The van der Waals surface area contributed by atoms with Crippen molar-refractivity contribution in [1.29, 1.82) is 0 Å². The first-order valence-electron chi connectivity index (χ1n) is 9.95. The Bertz CT molecular complexity index is 655. The average molecular weight is 376 g/mol. The van der Waals surface area contributed by atoms with E-state index < -0.39 is 5.97 Å². The third-order valence-electron chi connectivity index (χ3n) is 6.29. The summed E-state index contributed by atoms with van der Waals surface area (Å²) in [6.07, 6.45) is 11.0. The molecular formula is C23H29NaO3. The van der Waals surface area contributed by atoms with Gasteiger partial charge < -0.3 is 14.6 Å². The van der Waals surface area contributed by atoms with Crippen molar-refractivity contribution in [1.82, 2.24) is 0 Å². The molecular weight excluding hydrogens is 347 g/mol. The molecule has 2 fully saturated rings. The summed E-state index contributed by atoms with van der Waals surface area (Å²) in [7, 11) is 0. The number of hydrogen-bond donors (Lipinski definition) is 0. The molecule has 1 aromatic carbocycles. The zero-order chi connectivity index (χ0) is 18.4. The fourth-order valence-electron chi connectivity index (χ4n) is 4.69. The number of aliphatic carboxylic acids is 1. The van der Waals surface area contributed by atoms with E-state index in [1.54, 1.807) is 6.92 Å². The molecule has 0 unspecified atom stereocenters. The summed E-state index contributed by atoms with van der Waals surface area (Å²) < 4.78 is 6.01. The molecule has 27 heavy (non-hydrogen) atoms. The first-order chi connectivity index (χ1) is 12.6. The minimum absolute atomic E-state index is 0. The monoisotopic (exact) mass is 376 g/mol. The second kappa shape index (κ2) is 10.6. The van der Waals surface area contributed by atoms with E-state index in [-0.39, 0.29) is 41.9 Å². The van der Waals surface area contributed by atoms with Gasteiger partial charge in [0.25, 0.3) is 0 Å². The van der Waals surface area contributed by atoms with E-state index in [4.69, 9.17) is 4.74 Å². The van der Waals surface area contributed by atoms with E-state index in [1.165, 1.54) is 51.4 Å². The maximum Gasteiger partial charge on any atom is 1.00 e. The van der Waals surface area contributed by atoms with E-state index in [9.17, 15) is 9.90 Å². The summed E-state index contributed by atoms with van der Waals surface area (Å²) in [6, 6.07) is 7.69. The van der Waals surface area contributed by atoms with Crippen LogP contribution < -0.4 is 39.4 Å². The van der Waals surface area contributed by atoms with E-state index in [0.717, 1.165) is 17.9 Å². The van der Waals surface area contributed by atoms with Crippen LogP contribution in [0, 0.1) is 23.2 Å². The van der Waals surface area contributed by atoms with E-state index in [1.807, 2.05) is 24.3 Å². The number of hydrogen-bond acceptors (Lipinski definition) is 3. The molecule has 2 aliphatic rings. The van der Waals surface area contributed by atoms with Crippen molar-refractivity contribution in [2.75, 3.05) is 6.61 Å². The van der Waals surface area contributed by atoms with Gasteiger partial charge in [0.1, 0.15) is 5.75 Å². The number of benzene rings is 1. The topological polar surface area (TPSA) is 49.4 Å². The van der Waals surface area contributed by atoms with Crippen LogP contribution in [0.1, 0.15) is 76.2 Å². The van der Waals surface area contributed by atoms with Gasteiger partial charge in [-0.3, -0.25) is 0 Å². The fraction of sp³-hybridized carbons (Fsp3) is 0.609. The number of rotatable bonds is 6. The van der Waals surface area contributed by atoms with Crippen molar-refractivity contribution in [2.45, 2.75) is 70.6 Å². The predicted molar refractivity (Wildman–Crippen MR) is 101 cm³/mol. The van der Waals surface area contributed by atoms with Gasteiger partial charge in [0.2, 0.25) is 0 Å². The van der Waals surface area contributed by atoms with Crippen molar-refractivity contribution in [2.24, 2.45) is 11.3 Å². The van der Waals surface area contributed by atoms with Crippen molar-refractivity contribution in [3.63, 3.8) is 0 Å². The zero-order valence-electron chi connectivity index (χ0n) is 16.8. The molecule has 0 aromatic heterocycles. The molecule has 4 heteroatoms. The quantitative estimate of drug-likeness (QED) is 0.551. The molecule has 1 spiro atoms. The third-order valence-corrected chi connectivity index (χ3v) is 6.29. The Morgan fingerprint density at radius 1 is 1.19 bits per heavy atom. The molecule has 3 nitrogen and oxygen atoms in total. The van der Waals surface area contributed by atoms with Crippen LogP contribution in [0.25, 0.3) is 0 Å². The number of ether oxygens (including phenoxy) is 1. The molecule has 2 saturated carbocycles. The van der Waals surface area contributed by atoms with Crippen LogP contribution in [-0.4, -0.2) is 12.6 Å². The molecule has 0 N–H and O–H groups in total. The third kappa shape index (κ3) is 6.28. The number of carboxylic acid groups (broad SMARTS) is 1. The van der Waals surface area contributed by atoms with Crippen LogP contribution >= 0.6 is 0 Å². The Morgan fingerprint density at radius 2 is 1.81 bits per heavy atom. The van der Waals surface area contributed by atoms with Gasteiger partial charge in [-0.05, 0) is 74.5 Å². The van der Waals surface area contributed by atoms with Crippen molar-refractivity contribution in [3.05, 3.63) is 29.8 Å². The molecule has 0 aliphatic heterocycles. The van der Waals surface area contributed by atoms with Crippen LogP contribution in [0.5, 0.6) is 5.75 Å². The minimum Gasteiger partial charge on any atom is -0.550 e. The van der Waals surface area contributed by atoms with Crippen LogP contribution in [0.4, 0.5) is 0 Å². The summed E-state index contributed by atoms with van der Waals surface area (Å²) in [4.78, 5) is 10.9. The van der Waals surface area contributed by atoms with Crippen LogP contribution in [0.15, 0.2) is 24.3 Å². The van der Waals surface area contributed by atoms with Gasteiger partial charge in [0.15, 0.2) is 0 Å². The van der Waals surface area contributed by atoms with Gasteiger partial charge in [0, 0.05) is 12.4 Å². The molecule has 0 bridgehead atoms. The Hall–Kier alpha value is -0.950. The maximum atomic E-state index is 10.9. The molecule has 3 rings (SSSR count). The first-order valence-corrected chi connectivity index (χ1v) is 9.95. The van der Waals surface area contributed by atoms with Gasteiger partial charge in [0.05, 0.1) is 12.5 Å². The standard InChI is InChI=1S/C23H30O3.Na/c1-2-5-20(16-22(24)25)19-6-8-21(9-7-19)26-17-18-10-14-23(15-11-18)12-3-4-13-23;/h6-9,18,20H,3-4,10-17H2,1H3,(H,24,25);/q;+1/p-1/t20-;/m0./s1. The maximum absolute atomic E-state index is 10.9. The van der Waals surface area contributed by atoms with Crippen molar-refractivity contribution in [3.8, 4) is 17.6 Å². The second-order valence-electron chi connectivity index (χ2n) is 8.05. The Labute approximate surface area is 185 Å². The first kappa shape index (κ1) is 22.3. The molecule has 0 saturated heterocycles. The number of carboxylic acids is 1. The van der Waals surface area contributed by atoms with Gasteiger partial charge in [-0.2, -0.15) is 0 Å². The predicted octanol–water partition coefficient (Wildman–Crippen LogP) is 1.07. The molecule has 1 aromatic rings. The van der Waals surface area contributed by atoms with Gasteiger partial charge >= 0.3 is 29.6 Å². The zero-order valence-corrected chi connectivity index (χ0v) is 18.8. The summed E-state index contributed by atoms with van der Waals surface area (Å²) in [5, 5.41) is 10.9. The normalized spacial score (nSPS) is 19.6. The molecule has 0 heterocycles. The molecule has 0 radical (unpaired) electrons. The fourth-order valence-corrected chi connectivity index (χ4v) is 4.69. The number of carbonyl (C=O) groups excluding carboxylic acids is 1. The van der Waals surface area contributed by atoms with E-state index in [2.05, 4.69) is 11.8 Å². The van der Waals surface area contributed by atoms with E-state index in [0.29, 0.717) is 11.3 Å². The van der Waals surface area contributed by atoms with Gasteiger partial charge in [-0.15, -0.1) is 5.92 Å². The Kier molecular flexibility index (Phi) is 8.73. The van der Waals surface area contributed by atoms with Gasteiger partial charge in [-0.1, -0.05) is 30.9 Å². The Morgan fingerprint density at radius 3 is 2.37 bits per heavy atom. The van der Waals surface area contributed by atoms with Gasteiger partial charge in [-0.25, -0.2) is 0 Å². The smallest absolute Gasteiger partial charge is 0.550 e. The second-order valence-corrected chi connectivity index (χ2v) is 8.05. The largest absolute Gasteiger partial charge is 1.00 e. The van der Waals surface area contributed by atoms with Crippen LogP contribution in [-0.2, 0) is 4.79 Å².